The van der Waals surface area contributed by atoms with Crippen LogP contribution < -0.4 is 10.2 Å². The largest absolute Gasteiger partial charge is 0.386 e. The van der Waals surface area contributed by atoms with Crippen molar-refractivity contribution in [2.75, 3.05) is 24.3 Å². The van der Waals surface area contributed by atoms with Crippen LogP contribution in [0.2, 0.25) is 0 Å². The Bertz CT molecular complexity index is 1440. The molecule has 9 heteroatoms. The van der Waals surface area contributed by atoms with Crippen LogP contribution in [0.25, 0.3) is 44.3 Å². The zero-order valence-electron chi connectivity index (χ0n) is 17.7. The molecule has 1 aromatic carbocycles. The number of H-pyrrole nitrogens is 1. The maximum absolute atomic E-state index is 11.5. The molecule has 0 fully saturated rings. The summed E-state index contributed by atoms with van der Waals surface area (Å²) in [5.41, 5.74) is 7.20. The van der Waals surface area contributed by atoms with Crippen molar-refractivity contribution in [1.82, 2.24) is 29.5 Å². The fraction of sp³-hybridized carbons (Fsp3) is 0.182. The van der Waals surface area contributed by atoms with Crippen molar-refractivity contribution in [3.8, 4) is 22.4 Å². The van der Waals surface area contributed by atoms with E-state index in [2.05, 4.69) is 43.7 Å². The second kappa shape index (κ2) is 6.98. The van der Waals surface area contributed by atoms with Crippen LogP contribution in [0.1, 0.15) is 0 Å². The number of aryl methyl sites for hydroxylation is 2. The van der Waals surface area contributed by atoms with Crippen molar-refractivity contribution in [2.24, 2.45) is 14.1 Å². The van der Waals surface area contributed by atoms with Gasteiger partial charge in [-0.1, -0.05) is 6.07 Å². The Morgan fingerprint density at radius 2 is 1.97 bits per heavy atom. The number of carbonyl (C=O) groups excluding carboxylic acids is 1. The summed E-state index contributed by atoms with van der Waals surface area (Å²) in [6.45, 7) is 0. The number of nitrogens with one attached hydrogen (secondary N) is 2. The van der Waals surface area contributed by atoms with Crippen LogP contribution in [-0.2, 0) is 18.9 Å². The van der Waals surface area contributed by atoms with Gasteiger partial charge in [0.2, 0.25) is 6.41 Å². The van der Waals surface area contributed by atoms with Crippen molar-refractivity contribution < 1.29 is 4.79 Å². The molecule has 0 spiro atoms. The topological polar surface area (TPSA) is 96.7 Å². The maximum Gasteiger partial charge on any atom is 0.213 e. The van der Waals surface area contributed by atoms with Gasteiger partial charge in [-0.25, -0.2) is 4.98 Å². The van der Waals surface area contributed by atoms with E-state index in [0.29, 0.717) is 5.69 Å². The van der Waals surface area contributed by atoms with E-state index >= 15 is 0 Å². The third-order valence-corrected chi connectivity index (χ3v) is 5.62. The fourth-order valence-electron chi connectivity index (χ4n) is 4.10. The predicted octanol–water partition coefficient (Wildman–Crippen LogP) is 3.15. The Hall–Kier alpha value is -4.14. The molecular formula is C22H22N8O. The molecule has 0 aliphatic carbocycles. The molecule has 0 saturated heterocycles. The van der Waals surface area contributed by atoms with E-state index in [0.717, 1.165) is 56.4 Å². The van der Waals surface area contributed by atoms with Crippen LogP contribution >= 0.6 is 0 Å². The Labute approximate surface area is 178 Å². The highest BCUT2D eigenvalue weighted by Gasteiger charge is 2.22. The summed E-state index contributed by atoms with van der Waals surface area (Å²) in [6.07, 6.45) is 8.13. The van der Waals surface area contributed by atoms with E-state index in [4.69, 9.17) is 0 Å². The zero-order chi connectivity index (χ0) is 21.7. The van der Waals surface area contributed by atoms with Crippen molar-refractivity contribution in [3.05, 3.63) is 43.0 Å². The molecule has 1 amide bonds. The molecule has 0 bridgehead atoms. The van der Waals surface area contributed by atoms with Crippen LogP contribution in [0.3, 0.4) is 0 Å². The lowest BCUT2D eigenvalue weighted by Gasteiger charge is -2.17. The molecule has 0 unspecified atom stereocenters. The standard InChI is InChI=1S/C22H22N8O/c1-23-21-17(28(2)12-31)10-24-22-19(21)18(20(27-22)15-9-25-29(3)11-15)13-5-6-16-14(7-13)8-26-30(16)4/h5-12H,1-4H3,(H2,23,24,27). The van der Waals surface area contributed by atoms with Crippen LogP contribution in [-0.4, -0.2) is 50.0 Å². The smallest absolute Gasteiger partial charge is 0.213 e. The van der Waals surface area contributed by atoms with Gasteiger partial charge in [-0.05, 0) is 17.7 Å². The number of pyridine rings is 1. The molecule has 0 saturated carbocycles. The van der Waals surface area contributed by atoms with Gasteiger partial charge in [-0.2, -0.15) is 10.2 Å². The Morgan fingerprint density at radius 3 is 2.68 bits per heavy atom. The van der Waals surface area contributed by atoms with Gasteiger partial charge < -0.3 is 15.2 Å². The number of aromatic amines is 1. The van der Waals surface area contributed by atoms with E-state index in [-0.39, 0.29) is 0 Å². The number of anilines is 2. The summed E-state index contributed by atoms with van der Waals surface area (Å²) in [7, 11) is 7.38. The normalized spacial score (nSPS) is 11.4. The summed E-state index contributed by atoms with van der Waals surface area (Å²) in [5, 5.41) is 14.0. The number of fused-ring (bicyclic) bond motifs is 2. The molecule has 4 aromatic heterocycles. The number of hydrogen-bond acceptors (Lipinski definition) is 5. The van der Waals surface area contributed by atoms with E-state index < -0.39 is 0 Å². The molecule has 0 aliphatic heterocycles. The molecule has 156 valence electrons. The van der Waals surface area contributed by atoms with Gasteiger partial charge in [0.1, 0.15) is 5.65 Å². The van der Waals surface area contributed by atoms with Gasteiger partial charge in [0.15, 0.2) is 0 Å². The second-order valence-corrected chi connectivity index (χ2v) is 7.53. The van der Waals surface area contributed by atoms with E-state index in [1.54, 1.807) is 17.9 Å². The average molecular weight is 414 g/mol. The number of carbonyl (C=O) groups is 1. The molecule has 5 rings (SSSR count). The van der Waals surface area contributed by atoms with E-state index in [1.165, 1.54) is 4.90 Å². The molecule has 2 N–H and O–H groups in total. The molecule has 31 heavy (non-hydrogen) atoms. The summed E-state index contributed by atoms with van der Waals surface area (Å²) in [5.74, 6) is 0. The molecule has 0 atom stereocenters. The first kappa shape index (κ1) is 18.9. The highest BCUT2D eigenvalue weighted by Crippen LogP contribution is 2.44. The first-order valence-electron chi connectivity index (χ1n) is 9.83. The average Bonchev–Trinajstić information content (AvgIpc) is 3.48. The molecule has 5 aromatic rings. The second-order valence-electron chi connectivity index (χ2n) is 7.53. The van der Waals surface area contributed by atoms with Crippen molar-refractivity contribution in [3.63, 3.8) is 0 Å². The lowest BCUT2D eigenvalue weighted by atomic mass is 9.98. The quantitative estimate of drug-likeness (QED) is 0.431. The van der Waals surface area contributed by atoms with Crippen LogP contribution in [0.5, 0.6) is 0 Å². The molecule has 9 nitrogen and oxygen atoms in total. The summed E-state index contributed by atoms with van der Waals surface area (Å²) in [4.78, 5) is 21.1. The summed E-state index contributed by atoms with van der Waals surface area (Å²) < 4.78 is 3.63. The lowest BCUT2D eigenvalue weighted by molar-refractivity contribution is -0.107. The van der Waals surface area contributed by atoms with Crippen LogP contribution in [0.4, 0.5) is 11.4 Å². The van der Waals surface area contributed by atoms with Crippen molar-refractivity contribution >= 4 is 39.7 Å². The minimum Gasteiger partial charge on any atom is -0.386 e. The summed E-state index contributed by atoms with van der Waals surface area (Å²) in [6, 6.07) is 6.28. The summed E-state index contributed by atoms with van der Waals surface area (Å²) >= 11 is 0. The van der Waals surface area contributed by atoms with Gasteiger partial charge >= 0.3 is 0 Å². The maximum atomic E-state index is 11.5. The van der Waals surface area contributed by atoms with Gasteiger partial charge in [-0.3, -0.25) is 14.2 Å². The first-order chi connectivity index (χ1) is 15.0. The van der Waals surface area contributed by atoms with Crippen LogP contribution in [0.15, 0.2) is 43.0 Å². The number of nitrogens with zero attached hydrogens (tertiary/aromatic N) is 6. The highest BCUT2D eigenvalue weighted by atomic mass is 16.1. The molecule has 0 aliphatic rings. The predicted molar refractivity (Wildman–Crippen MR) is 122 cm³/mol. The van der Waals surface area contributed by atoms with Gasteiger partial charge in [0.25, 0.3) is 0 Å². The number of amides is 1. The van der Waals surface area contributed by atoms with Gasteiger partial charge in [-0.15, -0.1) is 0 Å². The Balaban J connectivity index is 1.89. The SMILES string of the molecule is CNc1c(N(C)C=O)cnc2[nH]c(-c3cnn(C)c3)c(-c3ccc4c(cnn4C)c3)c12. The minimum absolute atomic E-state index is 0.699. The van der Waals surface area contributed by atoms with Crippen molar-refractivity contribution in [1.29, 1.82) is 0 Å². The number of rotatable bonds is 5. The lowest BCUT2D eigenvalue weighted by Crippen LogP contribution is -2.15. The third-order valence-electron chi connectivity index (χ3n) is 5.62. The molecular weight excluding hydrogens is 392 g/mol. The minimum atomic E-state index is 0.699. The number of hydrogen-bond donors (Lipinski definition) is 2. The molecule has 0 radical (unpaired) electrons. The molecule has 4 heterocycles. The van der Waals surface area contributed by atoms with Crippen molar-refractivity contribution in [2.45, 2.75) is 0 Å². The third kappa shape index (κ3) is 2.85. The van der Waals surface area contributed by atoms with E-state index in [9.17, 15) is 4.79 Å². The van der Waals surface area contributed by atoms with E-state index in [1.807, 2.05) is 44.4 Å². The zero-order valence-corrected chi connectivity index (χ0v) is 17.7. The number of benzene rings is 1. The monoisotopic (exact) mass is 414 g/mol. The van der Waals surface area contributed by atoms with Gasteiger partial charge in [0.05, 0.1) is 46.6 Å². The van der Waals surface area contributed by atoms with Gasteiger partial charge in [0, 0.05) is 50.9 Å². The Morgan fingerprint density at radius 1 is 1.13 bits per heavy atom. The fourth-order valence-corrected chi connectivity index (χ4v) is 4.10. The Kier molecular flexibility index (Phi) is 4.25. The first-order valence-corrected chi connectivity index (χ1v) is 9.83. The number of aromatic nitrogens is 6. The highest BCUT2D eigenvalue weighted by molar-refractivity contribution is 6.12. The van der Waals surface area contributed by atoms with Crippen LogP contribution in [0, 0.1) is 0 Å².